The molecule has 32 heavy (non-hydrogen) atoms. The molecule has 1 saturated heterocycles. The Morgan fingerprint density at radius 2 is 1.81 bits per heavy atom. The summed E-state index contributed by atoms with van der Waals surface area (Å²) in [6.07, 6.45) is 3.27. The van der Waals surface area contributed by atoms with Crippen molar-refractivity contribution < 1.29 is 4.39 Å². The van der Waals surface area contributed by atoms with Gasteiger partial charge in [-0.2, -0.15) is 5.10 Å². The predicted octanol–water partition coefficient (Wildman–Crippen LogP) is 3.37. The Morgan fingerprint density at radius 1 is 1.06 bits per heavy atom. The second kappa shape index (κ2) is 11.8. The van der Waals surface area contributed by atoms with Crippen molar-refractivity contribution in [2.24, 2.45) is 4.99 Å². The molecule has 2 heterocycles. The van der Waals surface area contributed by atoms with Crippen LogP contribution in [0.3, 0.4) is 0 Å². The van der Waals surface area contributed by atoms with E-state index in [2.05, 4.69) is 56.4 Å². The molecule has 170 valence electrons. The van der Waals surface area contributed by atoms with Crippen LogP contribution >= 0.6 is 24.0 Å². The number of hydrogen-bond donors (Lipinski definition) is 1. The van der Waals surface area contributed by atoms with Crippen LogP contribution in [0.5, 0.6) is 0 Å². The van der Waals surface area contributed by atoms with Crippen molar-refractivity contribution in [1.82, 2.24) is 25.0 Å². The first-order chi connectivity index (χ1) is 15.2. The Kier molecular flexibility index (Phi) is 8.83. The number of aromatic nitrogens is 3. The molecule has 1 aliphatic rings. The van der Waals surface area contributed by atoms with Crippen LogP contribution in [0.4, 0.5) is 10.1 Å². The second-order valence-corrected chi connectivity index (χ2v) is 7.53. The topological polar surface area (TPSA) is 61.6 Å². The lowest BCUT2D eigenvalue weighted by Crippen LogP contribution is -2.52. The molecule has 9 heteroatoms. The van der Waals surface area contributed by atoms with Gasteiger partial charge in [-0.15, -0.1) is 24.0 Å². The van der Waals surface area contributed by atoms with E-state index in [1.165, 1.54) is 17.7 Å². The smallest absolute Gasteiger partial charge is 0.194 e. The summed E-state index contributed by atoms with van der Waals surface area (Å²) in [7, 11) is 0. The number of guanidine groups is 1. The van der Waals surface area contributed by atoms with Gasteiger partial charge in [-0.05, 0) is 42.3 Å². The number of anilines is 1. The molecule has 1 fully saturated rings. The van der Waals surface area contributed by atoms with Crippen LogP contribution in [-0.4, -0.2) is 58.3 Å². The fourth-order valence-electron chi connectivity index (χ4n) is 3.75. The van der Waals surface area contributed by atoms with Gasteiger partial charge in [-0.1, -0.05) is 24.3 Å². The summed E-state index contributed by atoms with van der Waals surface area (Å²) in [6.45, 7) is 7.72. The first kappa shape index (κ1) is 24.0. The van der Waals surface area contributed by atoms with Gasteiger partial charge in [0.15, 0.2) is 5.96 Å². The molecule has 0 unspecified atom stereocenters. The Labute approximate surface area is 205 Å². The zero-order chi connectivity index (χ0) is 21.5. The lowest BCUT2D eigenvalue weighted by atomic mass is 10.1. The molecule has 1 aromatic heterocycles. The van der Waals surface area contributed by atoms with Crippen molar-refractivity contribution >= 4 is 35.6 Å². The standard InChI is InChI=1S/C23H28FN7.HI/c1-2-26-23(30-12-10-29(11-13-30)22-8-6-21(24)7-9-22)27-15-19-4-3-5-20(14-19)16-31-18-25-17-28-31;/h3-9,14,17-18H,2,10-13,15-16H2,1H3,(H,26,27);1H. The van der Waals surface area contributed by atoms with Crippen LogP contribution < -0.4 is 10.2 Å². The summed E-state index contributed by atoms with van der Waals surface area (Å²) in [5.41, 5.74) is 3.40. The number of hydrogen-bond acceptors (Lipinski definition) is 4. The third-order valence-electron chi connectivity index (χ3n) is 5.32. The zero-order valence-corrected chi connectivity index (χ0v) is 20.5. The molecule has 1 aliphatic heterocycles. The number of nitrogens with zero attached hydrogens (tertiary/aromatic N) is 6. The van der Waals surface area contributed by atoms with E-state index in [1.54, 1.807) is 12.7 Å². The number of halogens is 2. The van der Waals surface area contributed by atoms with Crippen LogP contribution in [0.2, 0.25) is 0 Å². The van der Waals surface area contributed by atoms with Gasteiger partial charge in [0.05, 0.1) is 13.1 Å². The first-order valence-corrected chi connectivity index (χ1v) is 10.7. The van der Waals surface area contributed by atoms with Crippen LogP contribution in [0.1, 0.15) is 18.1 Å². The molecule has 3 aromatic rings. The van der Waals surface area contributed by atoms with E-state index >= 15 is 0 Å². The number of piperazine rings is 1. The predicted molar refractivity (Wildman–Crippen MR) is 136 cm³/mol. The average molecular weight is 549 g/mol. The SMILES string of the molecule is CCNC(=NCc1cccc(Cn2cncn2)c1)N1CCN(c2ccc(F)cc2)CC1.I. The summed E-state index contributed by atoms with van der Waals surface area (Å²) in [5.74, 6) is 0.734. The fourth-order valence-corrected chi connectivity index (χ4v) is 3.75. The molecule has 0 atom stereocenters. The highest BCUT2D eigenvalue weighted by Gasteiger charge is 2.19. The molecule has 2 aromatic carbocycles. The van der Waals surface area contributed by atoms with Gasteiger partial charge in [-0.25, -0.2) is 19.0 Å². The Bertz CT molecular complexity index is 984. The summed E-state index contributed by atoms with van der Waals surface area (Å²) >= 11 is 0. The van der Waals surface area contributed by atoms with Gasteiger partial charge in [-0.3, -0.25) is 0 Å². The van der Waals surface area contributed by atoms with E-state index in [1.807, 2.05) is 16.8 Å². The van der Waals surface area contributed by atoms with Gasteiger partial charge in [0.1, 0.15) is 18.5 Å². The first-order valence-electron chi connectivity index (χ1n) is 10.7. The van der Waals surface area contributed by atoms with Gasteiger partial charge in [0.25, 0.3) is 0 Å². The molecular formula is C23H29FIN7. The summed E-state index contributed by atoms with van der Waals surface area (Å²) < 4.78 is 15.0. The molecule has 0 bridgehead atoms. The Balaban J connectivity index is 0.00000289. The highest BCUT2D eigenvalue weighted by Crippen LogP contribution is 2.17. The van der Waals surface area contributed by atoms with Crippen molar-refractivity contribution in [3.63, 3.8) is 0 Å². The van der Waals surface area contributed by atoms with Crippen molar-refractivity contribution in [3.8, 4) is 0 Å². The maximum Gasteiger partial charge on any atom is 0.194 e. The average Bonchev–Trinajstić information content (AvgIpc) is 3.31. The zero-order valence-electron chi connectivity index (χ0n) is 18.2. The van der Waals surface area contributed by atoms with Gasteiger partial charge in [0, 0.05) is 38.4 Å². The second-order valence-electron chi connectivity index (χ2n) is 7.53. The number of benzene rings is 2. The van der Waals surface area contributed by atoms with Crippen LogP contribution in [0.15, 0.2) is 66.2 Å². The maximum absolute atomic E-state index is 13.2. The van der Waals surface area contributed by atoms with Crippen LogP contribution in [-0.2, 0) is 13.1 Å². The molecule has 0 saturated carbocycles. The van der Waals surface area contributed by atoms with Crippen LogP contribution in [0, 0.1) is 5.82 Å². The third-order valence-corrected chi connectivity index (χ3v) is 5.32. The van der Waals surface area contributed by atoms with Gasteiger partial charge < -0.3 is 15.1 Å². The number of nitrogens with one attached hydrogen (secondary N) is 1. The summed E-state index contributed by atoms with van der Waals surface area (Å²) in [6, 6.07) is 15.1. The van der Waals surface area contributed by atoms with E-state index in [9.17, 15) is 4.39 Å². The van der Waals surface area contributed by atoms with E-state index in [0.717, 1.165) is 49.9 Å². The van der Waals surface area contributed by atoms with Crippen molar-refractivity contribution in [3.05, 3.63) is 78.1 Å². The molecule has 0 radical (unpaired) electrons. The monoisotopic (exact) mass is 549 g/mol. The van der Waals surface area contributed by atoms with Gasteiger partial charge in [0.2, 0.25) is 0 Å². The lowest BCUT2D eigenvalue weighted by molar-refractivity contribution is 0.372. The van der Waals surface area contributed by atoms with Crippen molar-refractivity contribution in [2.45, 2.75) is 20.0 Å². The minimum atomic E-state index is -0.200. The lowest BCUT2D eigenvalue weighted by Gasteiger charge is -2.37. The largest absolute Gasteiger partial charge is 0.368 e. The van der Waals surface area contributed by atoms with Crippen LogP contribution in [0.25, 0.3) is 0 Å². The normalized spacial score (nSPS) is 14.2. The van der Waals surface area contributed by atoms with E-state index in [0.29, 0.717) is 13.1 Å². The van der Waals surface area contributed by atoms with E-state index in [4.69, 9.17) is 4.99 Å². The number of aliphatic imine (C=N–C) groups is 1. The summed E-state index contributed by atoms with van der Waals surface area (Å²) in [4.78, 5) is 13.5. The van der Waals surface area contributed by atoms with Crippen molar-refractivity contribution in [1.29, 1.82) is 0 Å². The molecule has 0 aliphatic carbocycles. The van der Waals surface area contributed by atoms with E-state index < -0.39 is 0 Å². The Morgan fingerprint density at radius 3 is 2.50 bits per heavy atom. The number of rotatable bonds is 6. The van der Waals surface area contributed by atoms with Gasteiger partial charge >= 0.3 is 0 Å². The molecular weight excluding hydrogens is 520 g/mol. The highest BCUT2D eigenvalue weighted by molar-refractivity contribution is 14.0. The third kappa shape index (κ3) is 6.41. The minimum Gasteiger partial charge on any atom is -0.368 e. The minimum absolute atomic E-state index is 0. The Hall–Kier alpha value is -2.69. The summed E-state index contributed by atoms with van der Waals surface area (Å²) in [5, 5.41) is 7.59. The maximum atomic E-state index is 13.2. The van der Waals surface area contributed by atoms with Crippen molar-refractivity contribution in [2.75, 3.05) is 37.6 Å². The highest BCUT2D eigenvalue weighted by atomic mass is 127. The van der Waals surface area contributed by atoms with E-state index in [-0.39, 0.29) is 29.8 Å². The molecule has 0 amide bonds. The molecule has 7 nitrogen and oxygen atoms in total. The quantitative estimate of drug-likeness (QED) is 0.291. The molecule has 4 rings (SSSR count). The molecule has 0 spiro atoms. The molecule has 1 N–H and O–H groups in total. The fraction of sp³-hybridized carbons (Fsp3) is 0.348.